The van der Waals surface area contributed by atoms with Crippen LogP contribution in [0.25, 0.3) is 22.2 Å². The molecule has 2 aromatic heterocycles. The van der Waals surface area contributed by atoms with E-state index >= 15 is 4.39 Å². The van der Waals surface area contributed by atoms with Gasteiger partial charge in [0, 0.05) is 34.5 Å². The minimum atomic E-state index is -5.02. The number of aliphatic hydroxyl groups is 1. The van der Waals surface area contributed by atoms with Crippen LogP contribution in [0.5, 0.6) is 5.75 Å². The maximum absolute atomic E-state index is 15.5. The highest BCUT2D eigenvalue weighted by molar-refractivity contribution is 5.98. The molecular formula is C27H20F6N6O4. The third-order valence-corrected chi connectivity index (χ3v) is 7.77. The predicted molar refractivity (Wildman–Crippen MR) is 136 cm³/mol. The molecule has 2 bridgehead atoms. The van der Waals surface area contributed by atoms with Crippen molar-refractivity contribution in [2.24, 2.45) is 0 Å². The number of imidazole rings is 1. The van der Waals surface area contributed by atoms with Crippen LogP contribution in [0.1, 0.15) is 45.9 Å². The SMILES string of the molecule is Cc1nc(N2CC(O)(OC(F)(F)F)C2)ncc1-c1cc2c(cc1F)nc1n2[C@@H]2C[C@H]1NC(=O)c1cccc(OC(F)F)c12. The number of hydrogen-bond acceptors (Lipinski definition) is 8. The zero-order chi connectivity index (χ0) is 30.4. The van der Waals surface area contributed by atoms with Gasteiger partial charge in [-0.15, -0.1) is 13.2 Å². The van der Waals surface area contributed by atoms with E-state index in [1.54, 1.807) is 11.5 Å². The minimum Gasteiger partial charge on any atom is -0.434 e. The number of hydrogen-bond donors (Lipinski definition) is 2. The van der Waals surface area contributed by atoms with Gasteiger partial charge in [-0.3, -0.25) is 9.53 Å². The Kier molecular flexibility index (Phi) is 5.91. The molecule has 0 radical (unpaired) electrons. The maximum atomic E-state index is 15.5. The molecule has 2 aromatic carbocycles. The first kappa shape index (κ1) is 27.4. The largest absolute Gasteiger partial charge is 0.525 e. The van der Waals surface area contributed by atoms with Crippen LogP contribution in [0.2, 0.25) is 0 Å². The van der Waals surface area contributed by atoms with Gasteiger partial charge in [-0.25, -0.2) is 19.3 Å². The van der Waals surface area contributed by atoms with Gasteiger partial charge in [-0.05, 0) is 31.5 Å². The topological polar surface area (TPSA) is 115 Å². The van der Waals surface area contributed by atoms with Gasteiger partial charge < -0.3 is 24.6 Å². The van der Waals surface area contributed by atoms with Gasteiger partial charge in [-0.1, -0.05) is 6.07 Å². The van der Waals surface area contributed by atoms with Crippen molar-refractivity contribution in [2.75, 3.05) is 18.0 Å². The normalized spacial score (nSPS) is 20.5. The summed E-state index contributed by atoms with van der Waals surface area (Å²) >= 11 is 0. The standard InChI is InChI=1S/C27H20F6N6O4/c1-11-14(8-34-25(35-11)38-9-26(41,10-38)43-27(31,32)33)13-5-18-16(6-15(13)28)36-22-17-7-19(39(18)22)21-12(23(40)37-17)3-2-4-20(21)42-24(29)30/h2-6,8,17,19,24,41H,7,9-10H2,1H3,(H,37,40)/t17-,19-/m1/s1. The van der Waals surface area contributed by atoms with Crippen molar-refractivity contribution in [2.45, 2.75) is 44.2 Å². The Morgan fingerprint density at radius 2 is 1.91 bits per heavy atom. The highest BCUT2D eigenvalue weighted by Gasteiger charge is 2.51. The van der Waals surface area contributed by atoms with Crippen molar-refractivity contribution in [3.63, 3.8) is 0 Å². The molecule has 2 N–H and O–H groups in total. The summed E-state index contributed by atoms with van der Waals surface area (Å²) < 4.78 is 90.0. The third kappa shape index (κ3) is 4.52. The quantitative estimate of drug-likeness (QED) is 0.255. The van der Waals surface area contributed by atoms with Crippen LogP contribution in [-0.4, -0.2) is 62.4 Å². The number of benzene rings is 2. The zero-order valence-electron chi connectivity index (χ0n) is 22.0. The van der Waals surface area contributed by atoms with Gasteiger partial charge in [0.15, 0.2) is 0 Å². The minimum absolute atomic E-state index is 0.0207. The number of ether oxygens (including phenoxy) is 2. The number of nitrogens with one attached hydrogen (secondary N) is 1. The van der Waals surface area contributed by atoms with E-state index in [9.17, 15) is 31.9 Å². The first-order valence-corrected chi connectivity index (χ1v) is 13.0. The average molecular weight is 606 g/mol. The van der Waals surface area contributed by atoms with Crippen molar-refractivity contribution < 1.29 is 45.7 Å². The summed E-state index contributed by atoms with van der Waals surface area (Å²) in [5.74, 6) is -3.25. The van der Waals surface area contributed by atoms with Crippen LogP contribution in [-0.2, 0) is 4.74 Å². The van der Waals surface area contributed by atoms with Crippen LogP contribution in [0.3, 0.4) is 0 Å². The highest BCUT2D eigenvalue weighted by atomic mass is 19.4. The van der Waals surface area contributed by atoms with Crippen LogP contribution in [0, 0.1) is 12.7 Å². The summed E-state index contributed by atoms with van der Waals surface area (Å²) in [6.45, 7) is -2.60. The van der Waals surface area contributed by atoms with Crippen molar-refractivity contribution in [1.82, 2.24) is 24.8 Å². The second-order valence-corrected chi connectivity index (χ2v) is 10.6. The van der Waals surface area contributed by atoms with Crippen LogP contribution in [0.15, 0.2) is 36.5 Å². The summed E-state index contributed by atoms with van der Waals surface area (Å²) in [5.41, 5.74) is 1.87. The molecular weight excluding hydrogens is 586 g/mol. The number of aromatic nitrogens is 4. The van der Waals surface area contributed by atoms with E-state index in [4.69, 9.17) is 4.74 Å². The summed E-state index contributed by atoms with van der Waals surface area (Å²) in [6, 6.07) is 5.87. The van der Waals surface area contributed by atoms with E-state index in [-0.39, 0.29) is 39.5 Å². The van der Waals surface area contributed by atoms with Gasteiger partial charge in [0.25, 0.3) is 5.91 Å². The average Bonchev–Trinajstić information content (AvgIpc) is 3.37. The highest BCUT2D eigenvalue weighted by Crippen LogP contribution is 2.48. The summed E-state index contributed by atoms with van der Waals surface area (Å²) in [5, 5.41) is 12.8. The number of amides is 1. The predicted octanol–water partition coefficient (Wildman–Crippen LogP) is 4.36. The summed E-state index contributed by atoms with van der Waals surface area (Å²) in [4.78, 5) is 27.2. The molecule has 0 spiro atoms. The fraction of sp³-hybridized carbons (Fsp3) is 0.333. The second kappa shape index (κ2) is 9.28. The number of fused-ring (bicyclic) bond motifs is 9. The van der Waals surface area contributed by atoms with Gasteiger partial charge in [0.2, 0.25) is 11.7 Å². The molecule has 4 aromatic rings. The lowest BCUT2D eigenvalue weighted by Crippen LogP contribution is -2.65. The van der Waals surface area contributed by atoms with Gasteiger partial charge in [0.05, 0.1) is 41.9 Å². The van der Waals surface area contributed by atoms with Gasteiger partial charge in [0.1, 0.15) is 17.4 Å². The van der Waals surface area contributed by atoms with Crippen LogP contribution >= 0.6 is 0 Å². The molecule has 16 heteroatoms. The van der Waals surface area contributed by atoms with Gasteiger partial charge >= 0.3 is 13.0 Å². The van der Waals surface area contributed by atoms with E-state index in [0.717, 1.165) is 0 Å². The fourth-order valence-corrected chi connectivity index (χ4v) is 6.08. The summed E-state index contributed by atoms with van der Waals surface area (Å²) in [6.07, 6.45) is -3.39. The number of β-amino-alcohol motifs (C(OH)–C–C–N with tert-alkyl or cyclic N) is 1. The third-order valence-electron chi connectivity index (χ3n) is 7.77. The van der Waals surface area contributed by atoms with Gasteiger partial charge in [-0.2, -0.15) is 8.78 Å². The van der Waals surface area contributed by atoms with Crippen LogP contribution < -0.4 is 15.0 Å². The molecule has 0 saturated carbocycles. The molecule has 0 unspecified atom stereocenters. The molecule has 43 heavy (non-hydrogen) atoms. The molecule has 1 amide bonds. The van der Waals surface area contributed by atoms with E-state index in [0.29, 0.717) is 23.5 Å². The Balaban J connectivity index is 1.27. The number of halogens is 6. The summed E-state index contributed by atoms with van der Waals surface area (Å²) in [7, 11) is 0. The number of anilines is 1. The zero-order valence-corrected chi connectivity index (χ0v) is 22.0. The Labute approximate surface area is 237 Å². The van der Waals surface area contributed by atoms with Crippen molar-refractivity contribution in [3.8, 4) is 16.9 Å². The molecule has 5 heterocycles. The smallest absolute Gasteiger partial charge is 0.434 e. The first-order chi connectivity index (χ1) is 20.3. The number of carbonyl (C=O) groups is 1. The number of carbonyl (C=O) groups excluding carboxylic acids is 1. The molecule has 1 saturated heterocycles. The Morgan fingerprint density at radius 1 is 1.14 bits per heavy atom. The molecule has 2 atom stereocenters. The van der Waals surface area contributed by atoms with Crippen LogP contribution in [0.4, 0.5) is 32.3 Å². The fourth-order valence-electron chi connectivity index (χ4n) is 6.08. The lowest BCUT2D eigenvalue weighted by Gasteiger charge is -2.45. The lowest BCUT2D eigenvalue weighted by atomic mass is 9.97. The van der Waals surface area contributed by atoms with E-state index in [1.807, 2.05) is 0 Å². The molecule has 224 valence electrons. The second-order valence-electron chi connectivity index (χ2n) is 10.6. The maximum Gasteiger partial charge on any atom is 0.525 e. The molecule has 0 aliphatic carbocycles. The molecule has 1 fully saturated rings. The first-order valence-electron chi connectivity index (χ1n) is 13.0. The molecule has 3 aliphatic heterocycles. The van der Waals surface area contributed by atoms with Crippen molar-refractivity contribution >= 4 is 22.9 Å². The number of rotatable bonds is 5. The molecule has 10 nitrogen and oxygen atoms in total. The Bertz CT molecular complexity index is 1810. The molecule has 7 rings (SSSR count). The Hall–Kier alpha value is -4.44. The van der Waals surface area contributed by atoms with Crippen molar-refractivity contribution in [3.05, 3.63) is 65.0 Å². The Morgan fingerprint density at radius 3 is 2.60 bits per heavy atom. The lowest BCUT2D eigenvalue weighted by molar-refractivity contribution is -0.413. The number of alkyl halides is 5. The van der Waals surface area contributed by atoms with E-state index in [1.165, 1.54) is 41.4 Å². The number of nitrogens with zero attached hydrogens (tertiary/aromatic N) is 5. The van der Waals surface area contributed by atoms with E-state index < -0.39 is 55.7 Å². The number of aryl methyl sites for hydroxylation is 1. The van der Waals surface area contributed by atoms with E-state index in [2.05, 4.69) is 25.0 Å². The monoisotopic (exact) mass is 606 g/mol. The van der Waals surface area contributed by atoms with Crippen molar-refractivity contribution in [1.29, 1.82) is 0 Å². The molecule has 3 aliphatic rings.